The molecule has 0 bridgehead atoms. The molecule has 0 unspecified atom stereocenters. The fraction of sp³-hybridized carbons (Fsp3) is 0.0667. The minimum absolute atomic E-state index is 0.0169. The van der Waals surface area contributed by atoms with Crippen LogP contribution in [0.5, 0.6) is 0 Å². The van der Waals surface area contributed by atoms with Crippen molar-refractivity contribution >= 4 is 33.4 Å². The van der Waals surface area contributed by atoms with E-state index in [1.54, 1.807) is 0 Å². The highest BCUT2D eigenvalue weighted by Crippen LogP contribution is 2.19. The molecule has 1 aromatic heterocycles. The fourth-order valence-corrected chi connectivity index (χ4v) is 2.72. The maximum Gasteiger partial charge on any atom is 0.256 e. The van der Waals surface area contributed by atoms with E-state index in [2.05, 4.69) is 36.8 Å². The monoisotopic (exact) mass is 409 g/mol. The third-order valence-corrected chi connectivity index (χ3v) is 3.99. The van der Waals surface area contributed by atoms with Gasteiger partial charge in [0.15, 0.2) is 5.82 Å². The SMILES string of the molecule is O=C(NCc1nnnn1-c1cccc(Br)c1)c1c(F)cccc1Cl. The lowest BCUT2D eigenvalue weighted by Gasteiger charge is -2.08. The van der Waals surface area contributed by atoms with Gasteiger partial charge in [0.2, 0.25) is 0 Å². The van der Waals surface area contributed by atoms with Crippen molar-refractivity contribution < 1.29 is 9.18 Å². The number of carbonyl (C=O) groups is 1. The van der Waals surface area contributed by atoms with Gasteiger partial charge in [-0.2, -0.15) is 4.68 Å². The molecule has 0 saturated heterocycles. The Morgan fingerprint density at radius 1 is 1.29 bits per heavy atom. The standard InChI is InChI=1S/C15H10BrClFN5O/c16-9-3-1-4-10(7-9)23-13(20-21-22-23)8-19-15(24)14-11(17)5-2-6-12(14)18/h1-7H,8H2,(H,19,24). The first kappa shape index (κ1) is 16.5. The topological polar surface area (TPSA) is 72.7 Å². The molecule has 0 aliphatic heterocycles. The molecule has 1 amide bonds. The molecule has 24 heavy (non-hydrogen) atoms. The first-order valence-corrected chi connectivity index (χ1v) is 7.99. The van der Waals surface area contributed by atoms with Gasteiger partial charge in [0, 0.05) is 4.47 Å². The normalized spacial score (nSPS) is 10.6. The van der Waals surface area contributed by atoms with Crippen LogP contribution >= 0.6 is 27.5 Å². The van der Waals surface area contributed by atoms with E-state index in [1.165, 1.54) is 22.9 Å². The average molecular weight is 411 g/mol. The fourth-order valence-electron chi connectivity index (χ4n) is 2.09. The Kier molecular flexibility index (Phi) is 4.86. The largest absolute Gasteiger partial charge is 0.345 e. The molecule has 1 heterocycles. The smallest absolute Gasteiger partial charge is 0.256 e. The van der Waals surface area contributed by atoms with Crippen molar-refractivity contribution in [2.45, 2.75) is 6.54 Å². The Balaban J connectivity index is 1.79. The Morgan fingerprint density at radius 3 is 2.83 bits per heavy atom. The van der Waals surface area contributed by atoms with Gasteiger partial charge in [-0.3, -0.25) is 4.79 Å². The highest BCUT2D eigenvalue weighted by molar-refractivity contribution is 9.10. The van der Waals surface area contributed by atoms with Crippen LogP contribution in [-0.4, -0.2) is 26.1 Å². The molecule has 1 N–H and O–H groups in total. The molecular weight excluding hydrogens is 401 g/mol. The van der Waals surface area contributed by atoms with Gasteiger partial charge < -0.3 is 5.32 Å². The molecule has 0 spiro atoms. The Hall–Kier alpha value is -2.32. The van der Waals surface area contributed by atoms with E-state index in [0.29, 0.717) is 5.82 Å². The van der Waals surface area contributed by atoms with Gasteiger partial charge in [-0.15, -0.1) is 5.10 Å². The maximum absolute atomic E-state index is 13.8. The predicted octanol–water partition coefficient (Wildman–Crippen LogP) is 3.15. The van der Waals surface area contributed by atoms with Crippen LogP contribution in [0.2, 0.25) is 5.02 Å². The number of hydrogen-bond donors (Lipinski definition) is 1. The first-order valence-electron chi connectivity index (χ1n) is 6.81. The summed E-state index contributed by atoms with van der Waals surface area (Å²) in [5.74, 6) is -0.928. The summed E-state index contributed by atoms with van der Waals surface area (Å²) >= 11 is 9.25. The Bertz CT molecular complexity index is 881. The number of rotatable bonds is 4. The van der Waals surface area contributed by atoms with Gasteiger partial charge in [0.1, 0.15) is 5.82 Å². The zero-order chi connectivity index (χ0) is 17.1. The van der Waals surface area contributed by atoms with E-state index in [1.807, 2.05) is 24.3 Å². The van der Waals surface area contributed by atoms with E-state index in [-0.39, 0.29) is 17.1 Å². The van der Waals surface area contributed by atoms with Crippen molar-refractivity contribution in [3.05, 3.63) is 69.2 Å². The number of nitrogens with zero attached hydrogens (tertiary/aromatic N) is 4. The van der Waals surface area contributed by atoms with E-state index >= 15 is 0 Å². The van der Waals surface area contributed by atoms with Gasteiger partial charge in [0.05, 0.1) is 22.8 Å². The quantitative estimate of drug-likeness (QED) is 0.717. The van der Waals surface area contributed by atoms with Crippen LogP contribution in [0.4, 0.5) is 4.39 Å². The van der Waals surface area contributed by atoms with Crippen LogP contribution in [0.1, 0.15) is 16.2 Å². The second kappa shape index (κ2) is 7.06. The van der Waals surface area contributed by atoms with Crippen LogP contribution in [0.3, 0.4) is 0 Å². The minimum Gasteiger partial charge on any atom is -0.345 e. The summed E-state index contributed by atoms with van der Waals surface area (Å²) < 4.78 is 16.1. The summed E-state index contributed by atoms with van der Waals surface area (Å²) in [5, 5.41) is 14.0. The third-order valence-electron chi connectivity index (χ3n) is 3.18. The lowest BCUT2D eigenvalue weighted by Crippen LogP contribution is -2.26. The van der Waals surface area contributed by atoms with Crippen molar-refractivity contribution in [3.8, 4) is 5.69 Å². The molecule has 0 saturated carbocycles. The zero-order valence-electron chi connectivity index (χ0n) is 12.1. The molecule has 0 aliphatic rings. The highest BCUT2D eigenvalue weighted by Gasteiger charge is 2.17. The number of carbonyl (C=O) groups excluding carboxylic acids is 1. The van der Waals surface area contributed by atoms with Crippen molar-refractivity contribution in [2.75, 3.05) is 0 Å². The van der Waals surface area contributed by atoms with Crippen molar-refractivity contribution in [3.63, 3.8) is 0 Å². The second-order valence-electron chi connectivity index (χ2n) is 4.77. The Labute approximate surface area is 149 Å². The predicted molar refractivity (Wildman–Crippen MR) is 89.4 cm³/mol. The lowest BCUT2D eigenvalue weighted by atomic mass is 10.2. The molecular formula is C15H10BrClFN5O. The second-order valence-corrected chi connectivity index (χ2v) is 6.09. The van der Waals surface area contributed by atoms with Crippen molar-refractivity contribution in [1.29, 1.82) is 0 Å². The first-order chi connectivity index (χ1) is 11.6. The number of halogens is 3. The van der Waals surface area contributed by atoms with Gasteiger partial charge >= 0.3 is 0 Å². The molecule has 3 rings (SSSR count). The summed E-state index contributed by atoms with van der Waals surface area (Å²) in [4.78, 5) is 12.2. The van der Waals surface area contributed by atoms with Gasteiger partial charge in [-0.1, -0.05) is 39.7 Å². The summed E-state index contributed by atoms with van der Waals surface area (Å²) in [5.41, 5.74) is 0.517. The summed E-state index contributed by atoms with van der Waals surface area (Å²) in [6.07, 6.45) is 0. The molecule has 0 atom stereocenters. The Morgan fingerprint density at radius 2 is 2.08 bits per heavy atom. The number of hydrogen-bond acceptors (Lipinski definition) is 4. The number of amides is 1. The number of benzene rings is 2. The molecule has 0 radical (unpaired) electrons. The minimum atomic E-state index is -0.688. The van der Waals surface area contributed by atoms with Gasteiger partial charge in [0.25, 0.3) is 5.91 Å². The van der Waals surface area contributed by atoms with Gasteiger partial charge in [-0.25, -0.2) is 4.39 Å². The van der Waals surface area contributed by atoms with E-state index in [4.69, 9.17) is 11.6 Å². The average Bonchev–Trinajstić information content (AvgIpc) is 3.01. The molecule has 122 valence electrons. The molecule has 0 aliphatic carbocycles. The number of aromatic nitrogens is 4. The summed E-state index contributed by atoms with van der Waals surface area (Å²) in [6, 6.07) is 11.4. The maximum atomic E-state index is 13.8. The van der Waals surface area contributed by atoms with Gasteiger partial charge in [-0.05, 0) is 40.8 Å². The van der Waals surface area contributed by atoms with Crippen LogP contribution in [0, 0.1) is 5.82 Å². The zero-order valence-corrected chi connectivity index (χ0v) is 14.4. The molecule has 9 heteroatoms. The van der Waals surface area contributed by atoms with E-state index in [9.17, 15) is 9.18 Å². The third kappa shape index (κ3) is 3.44. The van der Waals surface area contributed by atoms with Crippen LogP contribution < -0.4 is 5.32 Å². The van der Waals surface area contributed by atoms with Crippen LogP contribution in [0.15, 0.2) is 46.9 Å². The molecule has 6 nitrogen and oxygen atoms in total. The van der Waals surface area contributed by atoms with E-state index < -0.39 is 11.7 Å². The van der Waals surface area contributed by atoms with Crippen LogP contribution in [0.25, 0.3) is 5.69 Å². The summed E-state index contributed by atoms with van der Waals surface area (Å²) in [6.45, 7) is 0.0169. The number of tetrazole rings is 1. The molecule has 2 aromatic carbocycles. The lowest BCUT2D eigenvalue weighted by molar-refractivity contribution is 0.0945. The van der Waals surface area contributed by atoms with Crippen molar-refractivity contribution in [1.82, 2.24) is 25.5 Å². The highest BCUT2D eigenvalue weighted by atomic mass is 79.9. The summed E-state index contributed by atoms with van der Waals surface area (Å²) in [7, 11) is 0. The molecule has 3 aromatic rings. The number of nitrogens with one attached hydrogen (secondary N) is 1. The van der Waals surface area contributed by atoms with E-state index in [0.717, 1.165) is 10.2 Å². The molecule has 0 fully saturated rings. The van der Waals surface area contributed by atoms with Crippen LogP contribution in [-0.2, 0) is 6.54 Å². The van der Waals surface area contributed by atoms with Crippen molar-refractivity contribution in [2.24, 2.45) is 0 Å².